The smallest absolute Gasteiger partial charge is 0.457 e. The highest BCUT2D eigenvalue weighted by Gasteiger charge is 2.26. The van der Waals surface area contributed by atoms with E-state index < -0.39 is 13.9 Å². The standard InChI is InChI=1S/C54H106NO7P/c1-6-8-10-12-14-16-18-20-22-23-24-25-26-27-28-29-30-31-32-34-36-38-40-42-44-46-49-59-51-53(52-61-63(57,58)60-50-48-55(3,4)5)62-54(56)47-45-43-41-39-37-35-33-21-19-17-15-13-11-9-7-2/h21,23-24,33,53H,6-20,22,25-32,34-52H2,1-5H3/p+1/b24-23-,33-21-. The summed E-state index contributed by atoms with van der Waals surface area (Å²) in [6.45, 7) is 5.65. The molecule has 0 bridgehead atoms. The van der Waals surface area contributed by atoms with E-state index >= 15 is 0 Å². The van der Waals surface area contributed by atoms with Crippen LogP contribution in [0.3, 0.4) is 0 Å². The number of allylic oxidation sites excluding steroid dienone is 4. The molecule has 0 rings (SSSR count). The van der Waals surface area contributed by atoms with Crippen molar-refractivity contribution in [1.82, 2.24) is 0 Å². The van der Waals surface area contributed by atoms with E-state index in [0.717, 1.165) is 38.5 Å². The molecule has 0 saturated heterocycles. The summed E-state index contributed by atoms with van der Waals surface area (Å²) in [5, 5.41) is 0. The number of esters is 1. The number of hydrogen-bond acceptors (Lipinski definition) is 6. The minimum absolute atomic E-state index is 0.0891. The van der Waals surface area contributed by atoms with Crippen molar-refractivity contribution in [2.45, 2.75) is 264 Å². The van der Waals surface area contributed by atoms with Crippen LogP contribution in [0.4, 0.5) is 0 Å². The lowest BCUT2D eigenvalue weighted by molar-refractivity contribution is -0.870. The highest BCUT2D eigenvalue weighted by molar-refractivity contribution is 7.47. The van der Waals surface area contributed by atoms with Gasteiger partial charge in [-0.25, -0.2) is 4.57 Å². The fourth-order valence-electron chi connectivity index (χ4n) is 7.78. The molecular formula is C54H107NO7P+. The van der Waals surface area contributed by atoms with Crippen LogP contribution in [0.15, 0.2) is 24.3 Å². The Morgan fingerprint density at radius 1 is 0.476 bits per heavy atom. The van der Waals surface area contributed by atoms with E-state index in [-0.39, 0.29) is 25.8 Å². The number of quaternary nitrogens is 1. The molecule has 8 nitrogen and oxygen atoms in total. The van der Waals surface area contributed by atoms with Gasteiger partial charge in [-0.1, -0.05) is 212 Å². The molecule has 0 aromatic carbocycles. The third-order valence-corrected chi connectivity index (χ3v) is 13.0. The van der Waals surface area contributed by atoms with Gasteiger partial charge in [0.05, 0.1) is 34.4 Å². The minimum atomic E-state index is -4.28. The maximum atomic E-state index is 12.7. The third kappa shape index (κ3) is 51.8. The van der Waals surface area contributed by atoms with Crippen LogP contribution in [-0.2, 0) is 27.9 Å². The van der Waals surface area contributed by atoms with Crippen molar-refractivity contribution < 1.29 is 37.3 Å². The molecule has 0 spiro atoms. The Kier molecular flexibility index (Phi) is 46.7. The number of likely N-dealkylation sites (N-methyl/N-ethyl adjacent to an activating group) is 1. The van der Waals surface area contributed by atoms with Crippen molar-refractivity contribution in [1.29, 1.82) is 0 Å². The van der Waals surface area contributed by atoms with Gasteiger partial charge < -0.3 is 18.9 Å². The first kappa shape index (κ1) is 62.0. The summed E-state index contributed by atoms with van der Waals surface area (Å²) < 4.78 is 35.2. The first-order valence-corrected chi connectivity index (χ1v) is 28.6. The summed E-state index contributed by atoms with van der Waals surface area (Å²) in [5.74, 6) is -0.318. The van der Waals surface area contributed by atoms with Crippen molar-refractivity contribution in [2.24, 2.45) is 0 Å². The largest absolute Gasteiger partial charge is 0.472 e. The van der Waals surface area contributed by atoms with Crippen LogP contribution in [0.25, 0.3) is 0 Å². The highest BCUT2D eigenvalue weighted by atomic mass is 31.2. The Balaban J connectivity index is 4.03. The van der Waals surface area contributed by atoms with Gasteiger partial charge in [-0.05, 0) is 64.2 Å². The number of hydrogen-bond donors (Lipinski definition) is 1. The van der Waals surface area contributed by atoms with Crippen LogP contribution in [0.1, 0.15) is 258 Å². The summed E-state index contributed by atoms with van der Waals surface area (Å²) in [5.41, 5.74) is 0. The lowest BCUT2D eigenvalue weighted by Crippen LogP contribution is -2.37. The molecule has 0 aliphatic rings. The van der Waals surface area contributed by atoms with Crippen molar-refractivity contribution in [3.05, 3.63) is 24.3 Å². The molecule has 0 heterocycles. The molecule has 374 valence electrons. The Labute approximate surface area is 392 Å². The molecule has 0 saturated carbocycles. The van der Waals surface area contributed by atoms with Crippen molar-refractivity contribution in [2.75, 3.05) is 54.1 Å². The molecule has 0 aliphatic carbocycles. The summed E-state index contributed by atoms with van der Waals surface area (Å²) >= 11 is 0. The number of phosphoric ester groups is 1. The topological polar surface area (TPSA) is 91.3 Å². The molecule has 0 aliphatic heterocycles. The second-order valence-electron chi connectivity index (χ2n) is 19.6. The number of rotatable bonds is 51. The molecule has 0 fully saturated rings. The number of nitrogens with zero attached hydrogens (tertiary/aromatic N) is 1. The average Bonchev–Trinajstić information content (AvgIpc) is 3.24. The number of ether oxygens (including phenoxy) is 2. The number of carbonyl (C=O) groups is 1. The minimum Gasteiger partial charge on any atom is -0.457 e. The lowest BCUT2D eigenvalue weighted by Gasteiger charge is -2.24. The van der Waals surface area contributed by atoms with E-state index in [4.69, 9.17) is 18.5 Å². The Morgan fingerprint density at radius 3 is 1.21 bits per heavy atom. The van der Waals surface area contributed by atoms with Gasteiger partial charge in [-0.15, -0.1) is 0 Å². The van der Waals surface area contributed by atoms with Crippen molar-refractivity contribution in [3.63, 3.8) is 0 Å². The van der Waals surface area contributed by atoms with E-state index in [1.54, 1.807) is 0 Å². The van der Waals surface area contributed by atoms with Gasteiger partial charge in [0.2, 0.25) is 0 Å². The van der Waals surface area contributed by atoms with E-state index in [9.17, 15) is 14.3 Å². The predicted octanol–water partition coefficient (Wildman–Crippen LogP) is 16.7. The third-order valence-electron chi connectivity index (χ3n) is 12.0. The van der Waals surface area contributed by atoms with E-state index in [2.05, 4.69) is 38.2 Å². The van der Waals surface area contributed by atoms with Gasteiger partial charge in [0.15, 0.2) is 0 Å². The van der Waals surface area contributed by atoms with Gasteiger partial charge in [0.25, 0.3) is 0 Å². The normalized spacial score (nSPS) is 13.7. The zero-order chi connectivity index (χ0) is 46.2. The highest BCUT2D eigenvalue weighted by Crippen LogP contribution is 2.43. The quantitative estimate of drug-likeness (QED) is 0.0214. The molecular weight excluding hydrogens is 806 g/mol. The lowest BCUT2D eigenvalue weighted by atomic mass is 10.0. The molecule has 63 heavy (non-hydrogen) atoms. The van der Waals surface area contributed by atoms with E-state index in [1.165, 1.54) is 199 Å². The van der Waals surface area contributed by atoms with Crippen molar-refractivity contribution >= 4 is 13.8 Å². The van der Waals surface area contributed by atoms with Crippen LogP contribution in [0.5, 0.6) is 0 Å². The predicted molar refractivity (Wildman–Crippen MR) is 270 cm³/mol. The Morgan fingerprint density at radius 2 is 0.825 bits per heavy atom. The molecule has 9 heteroatoms. The molecule has 2 atom stereocenters. The maximum Gasteiger partial charge on any atom is 0.472 e. The summed E-state index contributed by atoms with van der Waals surface area (Å²) in [7, 11) is 1.67. The average molecular weight is 913 g/mol. The first-order valence-electron chi connectivity index (χ1n) is 27.1. The summed E-state index contributed by atoms with van der Waals surface area (Å²) in [4.78, 5) is 23.0. The molecule has 2 unspecified atom stereocenters. The zero-order valence-electron chi connectivity index (χ0n) is 42.6. The van der Waals surface area contributed by atoms with Gasteiger partial charge in [-0.3, -0.25) is 13.8 Å². The monoisotopic (exact) mass is 913 g/mol. The fourth-order valence-corrected chi connectivity index (χ4v) is 8.52. The summed E-state index contributed by atoms with van der Waals surface area (Å²) in [6.07, 6.45) is 56.6. The van der Waals surface area contributed by atoms with Gasteiger partial charge >= 0.3 is 13.8 Å². The second kappa shape index (κ2) is 47.5. The van der Waals surface area contributed by atoms with Crippen LogP contribution in [0.2, 0.25) is 0 Å². The van der Waals surface area contributed by atoms with Crippen LogP contribution < -0.4 is 0 Å². The maximum absolute atomic E-state index is 12.7. The van der Waals surface area contributed by atoms with Crippen molar-refractivity contribution in [3.8, 4) is 0 Å². The Hall–Kier alpha value is -1.02. The molecule has 0 aromatic heterocycles. The molecule has 0 aromatic rings. The zero-order valence-corrected chi connectivity index (χ0v) is 43.5. The van der Waals surface area contributed by atoms with E-state index in [0.29, 0.717) is 24.1 Å². The first-order chi connectivity index (χ1) is 30.6. The number of unbranched alkanes of at least 4 members (excludes halogenated alkanes) is 33. The molecule has 0 radical (unpaired) electrons. The number of carbonyl (C=O) groups excluding carboxylic acids is 1. The fraction of sp³-hybridized carbons (Fsp3) is 0.907. The van der Waals surface area contributed by atoms with Gasteiger partial charge in [0, 0.05) is 13.0 Å². The van der Waals surface area contributed by atoms with Gasteiger partial charge in [-0.2, -0.15) is 0 Å². The second-order valence-corrected chi connectivity index (χ2v) is 21.1. The molecule has 1 N–H and O–H groups in total. The molecule has 0 amide bonds. The SMILES string of the molecule is CCCCCCCC/C=C\CCCCCCCC(=O)OC(COCCCCCCCCCCCCCCCC/C=C\CCCCCCCCCC)COP(=O)(O)OCC[N+](C)(C)C. The van der Waals surface area contributed by atoms with Gasteiger partial charge in [0.1, 0.15) is 19.3 Å². The number of phosphoric acid groups is 1. The van der Waals surface area contributed by atoms with E-state index in [1.807, 2.05) is 21.1 Å². The van der Waals surface area contributed by atoms with Crippen LogP contribution in [-0.4, -0.2) is 75.6 Å². The Bertz CT molecular complexity index is 1060. The van der Waals surface area contributed by atoms with Crippen LogP contribution in [0, 0.1) is 0 Å². The van der Waals surface area contributed by atoms with Crippen LogP contribution >= 0.6 is 7.82 Å². The summed E-state index contributed by atoms with van der Waals surface area (Å²) in [6, 6.07) is 0.